The third-order valence-corrected chi connectivity index (χ3v) is 7.22. The number of rotatable bonds is 9. The van der Waals surface area contributed by atoms with Crippen LogP contribution in [0.5, 0.6) is 5.75 Å². The van der Waals surface area contributed by atoms with Gasteiger partial charge in [-0.05, 0) is 65.8 Å². The number of phenols is 1. The summed E-state index contributed by atoms with van der Waals surface area (Å²) in [6.45, 7) is 2.68. The molecule has 2 aromatic heterocycles. The second kappa shape index (κ2) is 11.5. The van der Waals surface area contributed by atoms with Gasteiger partial charge < -0.3 is 15.2 Å². The molecule has 0 radical (unpaired) electrons. The molecule has 11 heteroatoms. The Morgan fingerprint density at radius 2 is 2.00 bits per heavy atom. The molecule has 2 aromatic carbocycles. The number of phenolic OH excluding ortho intramolecular Hbond substituents is 1. The summed E-state index contributed by atoms with van der Waals surface area (Å²) in [4.78, 5) is 31.3. The van der Waals surface area contributed by atoms with Gasteiger partial charge in [-0.25, -0.2) is 0 Å². The molecule has 0 unspecified atom stereocenters. The highest BCUT2D eigenvalue weighted by Gasteiger charge is 2.34. The minimum Gasteiger partial charge on any atom is -0.508 e. The predicted molar refractivity (Wildman–Crippen MR) is 143 cm³/mol. The minimum atomic E-state index is -1.01. The maximum atomic E-state index is 14.0. The summed E-state index contributed by atoms with van der Waals surface area (Å²) >= 11 is 1.48. The first-order chi connectivity index (χ1) is 18.5. The number of anilines is 1. The molecule has 0 bridgehead atoms. The lowest BCUT2D eigenvalue weighted by molar-refractivity contribution is -0.127. The lowest BCUT2D eigenvalue weighted by Crippen LogP contribution is -2.47. The Morgan fingerprint density at radius 3 is 2.71 bits per heavy atom. The van der Waals surface area contributed by atoms with Gasteiger partial charge in [0.1, 0.15) is 18.3 Å². The summed E-state index contributed by atoms with van der Waals surface area (Å²) in [7, 11) is 0. The van der Waals surface area contributed by atoms with Crippen LogP contribution in [0, 0.1) is 6.92 Å². The molecule has 0 saturated carbocycles. The van der Waals surface area contributed by atoms with Gasteiger partial charge in [-0.2, -0.15) is 4.80 Å². The van der Waals surface area contributed by atoms with Gasteiger partial charge in [0.25, 0.3) is 5.91 Å². The van der Waals surface area contributed by atoms with Crippen LogP contribution in [0.25, 0.3) is 10.7 Å². The van der Waals surface area contributed by atoms with E-state index in [-0.39, 0.29) is 30.2 Å². The van der Waals surface area contributed by atoms with E-state index in [1.165, 1.54) is 33.2 Å². The van der Waals surface area contributed by atoms with Gasteiger partial charge in [0.05, 0.1) is 11.0 Å². The quantitative estimate of drug-likeness (QED) is 0.338. The molecule has 0 aliphatic carbocycles. The molecular weight excluding hydrogens is 504 g/mol. The molecule has 2 amide bonds. The zero-order valence-electron chi connectivity index (χ0n) is 20.9. The average molecular weight is 533 g/mol. The van der Waals surface area contributed by atoms with Crippen molar-refractivity contribution in [1.82, 2.24) is 25.5 Å². The van der Waals surface area contributed by atoms with Crippen LogP contribution in [0.2, 0.25) is 0 Å². The molecule has 1 aliphatic heterocycles. The van der Waals surface area contributed by atoms with E-state index >= 15 is 0 Å². The Bertz CT molecular complexity index is 1380. The summed E-state index contributed by atoms with van der Waals surface area (Å²) in [5, 5.41) is 27.3. The number of ether oxygens (including phenoxy) is 1. The van der Waals surface area contributed by atoms with Crippen LogP contribution in [0.15, 0.2) is 66.0 Å². The number of carbonyl (C=O) groups excluding carboxylic acids is 2. The highest BCUT2D eigenvalue weighted by molar-refractivity contribution is 7.13. The molecule has 10 nitrogen and oxygen atoms in total. The number of tetrazole rings is 1. The number of nitrogens with one attached hydrogen (secondary N) is 1. The number of hydrogen-bond acceptors (Lipinski definition) is 8. The van der Waals surface area contributed by atoms with E-state index in [1.807, 2.05) is 42.6 Å². The van der Waals surface area contributed by atoms with E-state index in [2.05, 4.69) is 20.7 Å². The Labute approximate surface area is 223 Å². The zero-order chi connectivity index (χ0) is 26.5. The van der Waals surface area contributed by atoms with Crippen LogP contribution in [0.3, 0.4) is 0 Å². The van der Waals surface area contributed by atoms with E-state index < -0.39 is 6.04 Å². The highest BCUT2D eigenvalue weighted by atomic mass is 32.1. The molecule has 2 atom stereocenters. The van der Waals surface area contributed by atoms with E-state index in [0.717, 1.165) is 23.3 Å². The standard InChI is InChI=1S/C27H28N6O4S/c1-18-6-2-3-8-22(18)33(24(35)17-32-30-26(29-31-32)23-9-5-15-38-23)25(19-10-12-20(34)13-11-19)27(36)28-16-21-7-4-14-37-21/h2-3,5-6,8-13,15,21,25,34H,4,7,14,16-17H2,1H3,(H,28,36)/t21-,25-/m1/s1. The lowest BCUT2D eigenvalue weighted by atomic mass is 10.0. The molecule has 1 saturated heterocycles. The van der Waals surface area contributed by atoms with Gasteiger partial charge in [0, 0.05) is 18.8 Å². The molecular formula is C27H28N6O4S. The monoisotopic (exact) mass is 532 g/mol. The number of aromatic hydroxyl groups is 1. The number of benzene rings is 2. The van der Waals surface area contributed by atoms with E-state index in [9.17, 15) is 14.7 Å². The molecule has 196 valence electrons. The van der Waals surface area contributed by atoms with Crippen LogP contribution in [-0.4, -0.2) is 56.4 Å². The average Bonchev–Trinajstić information content (AvgIpc) is 3.70. The van der Waals surface area contributed by atoms with Crippen molar-refractivity contribution in [3.63, 3.8) is 0 Å². The number of aryl methyl sites for hydroxylation is 1. The number of carbonyl (C=O) groups is 2. The first-order valence-corrected chi connectivity index (χ1v) is 13.2. The van der Waals surface area contributed by atoms with Crippen molar-refractivity contribution in [2.45, 2.75) is 38.5 Å². The molecule has 0 spiro atoms. The summed E-state index contributed by atoms with van der Waals surface area (Å²) in [5.74, 6) is -0.248. The molecule has 1 fully saturated rings. The predicted octanol–water partition coefficient (Wildman–Crippen LogP) is 3.49. The number of aromatic nitrogens is 4. The van der Waals surface area contributed by atoms with Gasteiger partial charge in [-0.15, -0.1) is 21.5 Å². The molecule has 5 rings (SSSR count). The molecule has 38 heavy (non-hydrogen) atoms. The molecule has 1 aliphatic rings. The lowest BCUT2D eigenvalue weighted by Gasteiger charge is -2.32. The Balaban J connectivity index is 1.49. The summed E-state index contributed by atoms with van der Waals surface area (Å²) in [6.07, 6.45) is 1.76. The van der Waals surface area contributed by atoms with Gasteiger partial charge in [0.2, 0.25) is 11.7 Å². The Hall–Kier alpha value is -4.09. The number of hydrogen-bond donors (Lipinski definition) is 2. The van der Waals surface area contributed by atoms with Gasteiger partial charge in [-0.1, -0.05) is 36.4 Å². The van der Waals surface area contributed by atoms with Crippen molar-refractivity contribution in [3.8, 4) is 16.5 Å². The largest absolute Gasteiger partial charge is 0.508 e. The van der Waals surface area contributed by atoms with E-state index in [0.29, 0.717) is 30.2 Å². The van der Waals surface area contributed by atoms with Gasteiger partial charge in [0.15, 0.2) is 0 Å². The van der Waals surface area contributed by atoms with Crippen molar-refractivity contribution < 1.29 is 19.4 Å². The smallest absolute Gasteiger partial charge is 0.251 e. The van der Waals surface area contributed by atoms with Crippen LogP contribution >= 0.6 is 11.3 Å². The fourth-order valence-corrected chi connectivity index (χ4v) is 5.10. The first kappa shape index (κ1) is 25.6. The van der Waals surface area contributed by atoms with Gasteiger partial charge in [-0.3, -0.25) is 14.5 Å². The van der Waals surface area contributed by atoms with Crippen molar-refractivity contribution in [2.24, 2.45) is 0 Å². The van der Waals surface area contributed by atoms with E-state index in [1.54, 1.807) is 18.2 Å². The second-order valence-electron chi connectivity index (χ2n) is 9.05. The van der Waals surface area contributed by atoms with Crippen molar-refractivity contribution in [3.05, 3.63) is 77.2 Å². The molecule has 3 heterocycles. The highest BCUT2D eigenvalue weighted by Crippen LogP contribution is 2.32. The van der Waals surface area contributed by atoms with Crippen molar-refractivity contribution in [1.29, 1.82) is 0 Å². The van der Waals surface area contributed by atoms with Crippen LogP contribution in [0.4, 0.5) is 5.69 Å². The minimum absolute atomic E-state index is 0.0583. The number of para-hydroxylation sites is 1. The normalized spacial score (nSPS) is 15.8. The SMILES string of the molecule is Cc1ccccc1N(C(=O)Cn1nnc(-c2cccs2)n1)[C@@H](C(=O)NC[C@H]1CCCO1)c1ccc(O)cc1. The topological polar surface area (TPSA) is 122 Å². The maximum absolute atomic E-state index is 14.0. The summed E-state index contributed by atoms with van der Waals surface area (Å²) < 4.78 is 5.67. The van der Waals surface area contributed by atoms with Crippen molar-refractivity contribution >= 4 is 28.8 Å². The summed E-state index contributed by atoms with van der Waals surface area (Å²) in [5.41, 5.74) is 1.96. The third-order valence-electron chi connectivity index (χ3n) is 6.36. The summed E-state index contributed by atoms with van der Waals surface area (Å²) in [6, 6.07) is 16.5. The maximum Gasteiger partial charge on any atom is 0.251 e. The van der Waals surface area contributed by atoms with Crippen LogP contribution in [-0.2, 0) is 20.9 Å². The zero-order valence-corrected chi connectivity index (χ0v) is 21.7. The van der Waals surface area contributed by atoms with Gasteiger partial charge >= 0.3 is 0 Å². The number of thiophene rings is 1. The third kappa shape index (κ3) is 5.74. The Kier molecular flexibility index (Phi) is 7.75. The van der Waals surface area contributed by atoms with E-state index in [4.69, 9.17) is 4.74 Å². The number of amides is 2. The second-order valence-corrected chi connectivity index (χ2v) is 9.99. The first-order valence-electron chi connectivity index (χ1n) is 12.4. The van der Waals surface area contributed by atoms with Crippen molar-refractivity contribution in [2.75, 3.05) is 18.1 Å². The van der Waals surface area contributed by atoms with Crippen LogP contribution < -0.4 is 10.2 Å². The number of nitrogens with zero attached hydrogens (tertiary/aromatic N) is 5. The molecule has 2 N–H and O–H groups in total. The fraction of sp³-hybridized carbons (Fsp3) is 0.296. The Morgan fingerprint density at radius 1 is 1.18 bits per heavy atom. The van der Waals surface area contributed by atoms with Crippen LogP contribution in [0.1, 0.15) is 30.0 Å². The fourth-order valence-electron chi connectivity index (χ4n) is 4.45. The molecule has 4 aromatic rings.